The van der Waals surface area contributed by atoms with Crippen molar-refractivity contribution in [1.29, 1.82) is 0 Å². The van der Waals surface area contributed by atoms with Crippen LogP contribution in [0.3, 0.4) is 0 Å². The largest absolute Gasteiger partial charge is 0.496 e. The van der Waals surface area contributed by atoms with Gasteiger partial charge in [0, 0.05) is 24.2 Å². The molecule has 1 aromatic carbocycles. The summed E-state index contributed by atoms with van der Waals surface area (Å²) in [7, 11) is 1.76. The molecule has 0 aliphatic carbocycles. The van der Waals surface area contributed by atoms with E-state index in [2.05, 4.69) is 42.3 Å². The average Bonchev–Trinajstić information content (AvgIpc) is 2.88. The van der Waals surface area contributed by atoms with Gasteiger partial charge in [0.1, 0.15) is 5.75 Å². The summed E-state index contributed by atoms with van der Waals surface area (Å²) in [6, 6.07) is 9.45. The highest BCUT2D eigenvalue weighted by Gasteiger charge is 2.25. The van der Waals surface area contributed by atoms with Gasteiger partial charge in [-0.3, -0.25) is 4.90 Å². The van der Waals surface area contributed by atoms with E-state index in [-0.39, 0.29) is 0 Å². The number of nitrogens with zero attached hydrogens (tertiary/aromatic N) is 1. The third kappa shape index (κ3) is 3.74. The van der Waals surface area contributed by atoms with Crippen LogP contribution in [-0.4, -0.2) is 37.7 Å². The Labute approximate surface area is 123 Å². The highest BCUT2D eigenvalue weighted by atomic mass is 16.5. The van der Waals surface area contributed by atoms with Gasteiger partial charge < -0.3 is 10.1 Å². The predicted molar refractivity (Wildman–Crippen MR) is 84.3 cm³/mol. The summed E-state index contributed by atoms with van der Waals surface area (Å²) in [6.45, 7) is 7.89. The maximum absolute atomic E-state index is 5.54. The average molecular weight is 276 g/mol. The molecule has 0 bridgehead atoms. The predicted octanol–water partition coefficient (Wildman–Crippen LogP) is 3.22. The van der Waals surface area contributed by atoms with Gasteiger partial charge in [-0.2, -0.15) is 0 Å². The van der Waals surface area contributed by atoms with Gasteiger partial charge in [-0.1, -0.05) is 25.1 Å². The summed E-state index contributed by atoms with van der Waals surface area (Å²) in [5.41, 5.74) is 1.28. The molecule has 1 saturated heterocycles. The van der Waals surface area contributed by atoms with Crippen molar-refractivity contribution in [3.63, 3.8) is 0 Å². The van der Waals surface area contributed by atoms with Crippen molar-refractivity contribution in [1.82, 2.24) is 10.2 Å². The minimum absolute atomic E-state index is 0.353. The molecule has 1 fully saturated rings. The van der Waals surface area contributed by atoms with E-state index in [1.165, 1.54) is 24.9 Å². The number of benzene rings is 1. The molecule has 0 amide bonds. The number of hydrogen-bond donors (Lipinski definition) is 1. The van der Waals surface area contributed by atoms with Crippen molar-refractivity contribution < 1.29 is 4.74 Å². The molecule has 20 heavy (non-hydrogen) atoms. The van der Waals surface area contributed by atoms with Crippen molar-refractivity contribution in [3.05, 3.63) is 29.8 Å². The topological polar surface area (TPSA) is 24.5 Å². The zero-order valence-electron chi connectivity index (χ0n) is 13.1. The van der Waals surface area contributed by atoms with E-state index in [9.17, 15) is 0 Å². The van der Waals surface area contributed by atoms with Crippen LogP contribution in [0.2, 0.25) is 0 Å². The molecule has 1 aliphatic rings. The molecular formula is C17H28N2O. The van der Waals surface area contributed by atoms with E-state index in [0.717, 1.165) is 25.3 Å². The fourth-order valence-corrected chi connectivity index (χ4v) is 3.04. The lowest BCUT2D eigenvalue weighted by atomic mass is 10.0. The first-order chi connectivity index (χ1) is 9.76. The first kappa shape index (κ1) is 15.3. The number of para-hydroxylation sites is 1. The molecule has 112 valence electrons. The third-order valence-corrected chi connectivity index (χ3v) is 4.26. The molecule has 1 aliphatic heterocycles. The summed E-state index contributed by atoms with van der Waals surface area (Å²) >= 11 is 0. The Bertz CT molecular complexity index is 408. The lowest BCUT2D eigenvalue weighted by molar-refractivity contribution is 0.235. The van der Waals surface area contributed by atoms with Crippen LogP contribution in [0.4, 0.5) is 0 Å². The van der Waals surface area contributed by atoms with Crippen LogP contribution < -0.4 is 10.1 Å². The monoisotopic (exact) mass is 276 g/mol. The van der Waals surface area contributed by atoms with Gasteiger partial charge in [-0.05, 0) is 45.3 Å². The molecule has 2 atom stereocenters. The van der Waals surface area contributed by atoms with Crippen LogP contribution in [0.15, 0.2) is 24.3 Å². The maximum Gasteiger partial charge on any atom is 0.123 e. The van der Waals surface area contributed by atoms with E-state index in [1.807, 2.05) is 6.07 Å². The van der Waals surface area contributed by atoms with Crippen LogP contribution >= 0.6 is 0 Å². The van der Waals surface area contributed by atoms with Crippen molar-refractivity contribution in [2.24, 2.45) is 0 Å². The van der Waals surface area contributed by atoms with Gasteiger partial charge in [-0.15, -0.1) is 0 Å². The maximum atomic E-state index is 5.54. The number of rotatable bonds is 7. The van der Waals surface area contributed by atoms with Gasteiger partial charge >= 0.3 is 0 Å². The second kappa shape index (κ2) is 7.65. The normalized spacial score (nSPS) is 21.1. The Morgan fingerprint density at radius 1 is 1.40 bits per heavy atom. The summed E-state index contributed by atoms with van der Waals surface area (Å²) in [4.78, 5) is 2.60. The standard InChI is InChI=1S/C17H28N2O/c1-4-11-18-16(13-19-12-7-8-14(19)2)15-9-5-6-10-17(15)20-3/h5-6,9-10,14,16,18H,4,7-8,11-13H2,1-3H3. The molecule has 2 rings (SSSR count). The zero-order valence-corrected chi connectivity index (χ0v) is 13.1. The molecule has 1 aromatic rings. The Balaban J connectivity index is 2.13. The Morgan fingerprint density at radius 3 is 2.85 bits per heavy atom. The Kier molecular flexibility index (Phi) is 5.86. The highest BCUT2D eigenvalue weighted by Crippen LogP contribution is 2.27. The molecule has 0 saturated carbocycles. The molecule has 0 aromatic heterocycles. The van der Waals surface area contributed by atoms with Crippen LogP contribution in [0.5, 0.6) is 5.75 Å². The van der Waals surface area contributed by atoms with Gasteiger partial charge in [0.05, 0.1) is 7.11 Å². The Hall–Kier alpha value is -1.06. The molecular weight excluding hydrogens is 248 g/mol. The highest BCUT2D eigenvalue weighted by molar-refractivity contribution is 5.36. The van der Waals surface area contributed by atoms with Crippen molar-refractivity contribution >= 4 is 0 Å². The van der Waals surface area contributed by atoms with E-state index < -0.39 is 0 Å². The summed E-state index contributed by atoms with van der Waals surface area (Å²) in [5.74, 6) is 0.993. The van der Waals surface area contributed by atoms with Gasteiger partial charge in [-0.25, -0.2) is 0 Å². The minimum Gasteiger partial charge on any atom is -0.496 e. The van der Waals surface area contributed by atoms with E-state index in [0.29, 0.717) is 12.1 Å². The van der Waals surface area contributed by atoms with Gasteiger partial charge in [0.25, 0.3) is 0 Å². The second-order valence-electron chi connectivity index (χ2n) is 5.73. The van der Waals surface area contributed by atoms with Crippen molar-refractivity contribution in [2.45, 2.75) is 45.2 Å². The smallest absolute Gasteiger partial charge is 0.123 e. The summed E-state index contributed by atoms with van der Waals surface area (Å²) in [6.07, 6.45) is 3.81. The summed E-state index contributed by atoms with van der Waals surface area (Å²) < 4.78 is 5.54. The van der Waals surface area contributed by atoms with Crippen LogP contribution in [0, 0.1) is 0 Å². The van der Waals surface area contributed by atoms with E-state index in [1.54, 1.807) is 7.11 Å². The second-order valence-corrected chi connectivity index (χ2v) is 5.73. The van der Waals surface area contributed by atoms with Crippen LogP contribution in [-0.2, 0) is 0 Å². The fraction of sp³-hybridized carbons (Fsp3) is 0.647. The number of methoxy groups -OCH3 is 1. The first-order valence-corrected chi connectivity index (χ1v) is 7.86. The molecule has 0 spiro atoms. The molecule has 1 heterocycles. The lowest BCUT2D eigenvalue weighted by Gasteiger charge is -2.29. The molecule has 2 unspecified atom stereocenters. The Morgan fingerprint density at radius 2 is 2.20 bits per heavy atom. The van der Waals surface area contributed by atoms with Crippen LogP contribution in [0.1, 0.15) is 44.7 Å². The first-order valence-electron chi connectivity index (χ1n) is 7.86. The molecule has 3 heteroatoms. The number of ether oxygens (including phenoxy) is 1. The molecule has 3 nitrogen and oxygen atoms in total. The quantitative estimate of drug-likeness (QED) is 0.827. The van der Waals surface area contributed by atoms with Crippen molar-refractivity contribution in [3.8, 4) is 5.75 Å². The van der Waals surface area contributed by atoms with E-state index >= 15 is 0 Å². The number of likely N-dealkylation sites (tertiary alicyclic amines) is 1. The van der Waals surface area contributed by atoms with Gasteiger partial charge in [0.2, 0.25) is 0 Å². The summed E-state index contributed by atoms with van der Waals surface area (Å²) in [5, 5.41) is 3.69. The minimum atomic E-state index is 0.353. The SMILES string of the molecule is CCCNC(CN1CCCC1C)c1ccccc1OC. The number of hydrogen-bond acceptors (Lipinski definition) is 3. The fourth-order valence-electron chi connectivity index (χ4n) is 3.04. The lowest BCUT2D eigenvalue weighted by Crippen LogP contribution is -2.37. The zero-order chi connectivity index (χ0) is 14.4. The molecule has 0 radical (unpaired) electrons. The third-order valence-electron chi connectivity index (χ3n) is 4.26. The van der Waals surface area contributed by atoms with Crippen molar-refractivity contribution in [2.75, 3.05) is 26.7 Å². The van der Waals surface area contributed by atoms with Gasteiger partial charge in [0.15, 0.2) is 0 Å². The molecule has 1 N–H and O–H groups in total. The van der Waals surface area contributed by atoms with E-state index in [4.69, 9.17) is 4.74 Å². The van der Waals surface area contributed by atoms with Crippen LogP contribution in [0.25, 0.3) is 0 Å². The number of nitrogens with one attached hydrogen (secondary N) is 1.